The maximum Gasteiger partial charge on any atom is 0.0793 e. The molecule has 0 saturated carbocycles. The van der Waals surface area contributed by atoms with E-state index < -0.39 is 0 Å². The van der Waals surface area contributed by atoms with Crippen molar-refractivity contribution < 1.29 is 0 Å². The second-order valence-electron chi connectivity index (χ2n) is 1.66. The van der Waals surface area contributed by atoms with E-state index in [1.54, 1.807) is 12.1 Å². The van der Waals surface area contributed by atoms with Gasteiger partial charge in [0.1, 0.15) is 0 Å². The fraction of sp³-hybridized carbons (Fsp3) is 0. The van der Waals surface area contributed by atoms with Crippen LogP contribution in [0, 0.1) is 0 Å². The van der Waals surface area contributed by atoms with Crippen LogP contribution in [0.2, 0.25) is 20.1 Å². The Morgan fingerprint density at radius 1 is 0.750 bits per heavy atom. The van der Waals surface area contributed by atoms with Crippen molar-refractivity contribution >= 4 is 106 Å². The first-order valence-corrected chi connectivity index (χ1v) is 3.93. The van der Waals surface area contributed by atoms with Crippen molar-refractivity contribution in [1.82, 2.24) is 0 Å². The minimum absolute atomic E-state index is 0. The minimum Gasteiger partial charge on any atom is -0.0827 e. The van der Waals surface area contributed by atoms with Crippen molar-refractivity contribution in [2.45, 2.75) is 0 Å². The maximum absolute atomic E-state index is 5.63. The summed E-state index contributed by atoms with van der Waals surface area (Å²) >= 11 is 22.5. The van der Waals surface area contributed by atoms with Crippen molar-refractivity contribution in [3.05, 3.63) is 32.2 Å². The molecule has 1 rings (SSSR count). The van der Waals surface area contributed by atoms with Gasteiger partial charge in [-0.2, -0.15) is 0 Å². The molecule has 0 aliphatic heterocycles. The Labute approximate surface area is 136 Å². The molecule has 4 radical (unpaired) electrons. The van der Waals surface area contributed by atoms with E-state index in [1.807, 2.05) is 0 Å². The number of rotatable bonds is 0. The van der Waals surface area contributed by atoms with Crippen LogP contribution in [-0.4, -0.2) is 59.8 Å². The van der Waals surface area contributed by atoms with Crippen LogP contribution in [0.15, 0.2) is 12.1 Å². The molecule has 12 heavy (non-hydrogen) atoms. The van der Waals surface area contributed by atoms with Crippen molar-refractivity contribution in [3.8, 4) is 0 Å². The number of benzene rings is 1. The molecule has 0 heterocycles. The smallest absolute Gasteiger partial charge is 0.0793 e. The van der Waals surface area contributed by atoms with Crippen molar-refractivity contribution in [1.29, 1.82) is 0 Å². The summed E-state index contributed by atoms with van der Waals surface area (Å²) in [5.74, 6) is 0. The van der Waals surface area contributed by atoms with E-state index in [4.69, 9.17) is 46.4 Å². The first kappa shape index (κ1) is 16.5. The third-order valence-electron chi connectivity index (χ3n) is 0.988. The molecule has 0 nitrogen and oxygen atoms in total. The Hall–Kier alpha value is 2.08. The van der Waals surface area contributed by atoms with Gasteiger partial charge in [0, 0.05) is 59.8 Å². The molecule has 0 unspecified atom stereocenters. The monoisotopic (exact) mass is 264 g/mol. The van der Waals surface area contributed by atoms with Gasteiger partial charge in [-0.3, -0.25) is 0 Å². The van der Waals surface area contributed by atoms with Crippen LogP contribution in [0.3, 0.4) is 0 Å². The average molecular weight is 266 g/mol. The van der Waals surface area contributed by atoms with Crippen LogP contribution in [0.25, 0.3) is 0 Å². The van der Waals surface area contributed by atoms with Crippen LogP contribution in [-0.2, 0) is 0 Å². The molecule has 58 valence electrons. The molecule has 0 spiro atoms. The van der Waals surface area contributed by atoms with Gasteiger partial charge in [0.05, 0.1) is 20.1 Å². The van der Waals surface area contributed by atoms with Crippen molar-refractivity contribution in [2.24, 2.45) is 0 Å². The quantitative estimate of drug-likeness (QED) is 0.382. The van der Waals surface area contributed by atoms with Crippen LogP contribution >= 0.6 is 46.4 Å². The van der Waals surface area contributed by atoms with Gasteiger partial charge in [-0.15, -0.1) is 0 Å². The summed E-state index contributed by atoms with van der Waals surface area (Å²) in [7, 11) is 0. The maximum atomic E-state index is 5.63. The Kier molecular flexibility index (Phi) is 10.2. The van der Waals surface area contributed by atoms with E-state index in [0.29, 0.717) is 20.1 Å². The first-order chi connectivity index (χ1) is 4.63. The van der Waals surface area contributed by atoms with Crippen LogP contribution in [0.4, 0.5) is 0 Å². The van der Waals surface area contributed by atoms with E-state index in [-0.39, 0.29) is 59.8 Å². The summed E-state index contributed by atoms with van der Waals surface area (Å²) in [5, 5.41) is 1.43. The van der Waals surface area contributed by atoms with E-state index in [1.165, 1.54) is 0 Å². The molecule has 6 heteroatoms. The van der Waals surface area contributed by atoms with E-state index >= 15 is 0 Å². The van der Waals surface area contributed by atoms with Crippen molar-refractivity contribution in [2.75, 3.05) is 0 Å². The molecular formula is C6H2BCl4K. The van der Waals surface area contributed by atoms with Gasteiger partial charge in [-0.25, -0.2) is 0 Å². The van der Waals surface area contributed by atoms with Crippen LogP contribution < -0.4 is 0 Å². The molecule has 0 atom stereocenters. The largest absolute Gasteiger partial charge is 0.0827 e. The Morgan fingerprint density at radius 3 is 1.25 bits per heavy atom. The SMILES string of the molecule is Clc1ccc(Cl)c(Cl)c1Cl.[B].[K]. The summed E-state index contributed by atoms with van der Waals surface area (Å²) in [5.41, 5.74) is 0. The molecule has 0 aromatic heterocycles. The van der Waals surface area contributed by atoms with Gasteiger partial charge >= 0.3 is 0 Å². The number of hydrogen-bond donors (Lipinski definition) is 0. The van der Waals surface area contributed by atoms with Crippen LogP contribution in [0.1, 0.15) is 0 Å². The average Bonchev–Trinajstić information content (AvgIpc) is 1.93. The Balaban J connectivity index is 0. The minimum atomic E-state index is 0. The van der Waals surface area contributed by atoms with Gasteiger partial charge in [0.25, 0.3) is 0 Å². The van der Waals surface area contributed by atoms with Crippen molar-refractivity contribution in [3.63, 3.8) is 0 Å². The number of hydrogen-bond acceptors (Lipinski definition) is 0. The summed E-state index contributed by atoms with van der Waals surface area (Å²) in [4.78, 5) is 0. The normalized spacial score (nSPS) is 8.33. The zero-order chi connectivity index (χ0) is 7.72. The standard InChI is InChI=1S/C6H2Cl4.B.K/c7-3-1-2-4(8)6(10)5(3)9;;/h1-2H;;. The topological polar surface area (TPSA) is 0 Å². The van der Waals surface area contributed by atoms with Gasteiger partial charge in [-0.1, -0.05) is 46.4 Å². The first-order valence-electron chi connectivity index (χ1n) is 2.42. The zero-order valence-corrected chi connectivity index (χ0v) is 12.4. The third kappa shape index (κ3) is 4.07. The molecule has 0 bridgehead atoms. The summed E-state index contributed by atoms with van der Waals surface area (Å²) in [6.45, 7) is 0. The summed E-state index contributed by atoms with van der Waals surface area (Å²) in [6, 6.07) is 3.19. The molecule has 0 N–H and O–H groups in total. The molecule has 1 aromatic rings. The predicted octanol–water partition coefficient (Wildman–Crippen LogP) is 3.54. The van der Waals surface area contributed by atoms with E-state index in [0.717, 1.165) is 0 Å². The van der Waals surface area contributed by atoms with E-state index in [9.17, 15) is 0 Å². The third-order valence-corrected chi connectivity index (χ3v) is 2.69. The molecule has 1 aromatic carbocycles. The molecule has 0 fully saturated rings. The molecule has 0 saturated heterocycles. The molecular weight excluding hydrogens is 264 g/mol. The number of halogens is 4. The van der Waals surface area contributed by atoms with Gasteiger partial charge < -0.3 is 0 Å². The summed E-state index contributed by atoms with van der Waals surface area (Å²) < 4.78 is 0. The molecule has 0 aliphatic carbocycles. The molecule has 0 amide bonds. The van der Waals surface area contributed by atoms with Gasteiger partial charge in [-0.05, 0) is 12.1 Å². The van der Waals surface area contributed by atoms with Crippen LogP contribution in [0.5, 0.6) is 0 Å². The zero-order valence-electron chi connectivity index (χ0n) is 6.24. The Bertz CT molecular complexity index is 239. The Morgan fingerprint density at radius 2 is 1.00 bits per heavy atom. The molecule has 0 aliphatic rings. The second kappa shape index (κ2) is 7.38. The van der Waals surface area contributed by atoms with E-state index in [2.05, 4.69) is 0 Å². The fourth-order valence-electron chi connectivity index (χ4n) is 0.502. The van der Waals surface area contributed by atoms with Gasteiger partial charge in [0.15, 0.2) is 0 Å². The second-order valence-corrected chi connectivity index (χ2v) is 3.23. The predicted molar refractivity (Wildman–Crippen MR) is 58.0 cm³/mol. The fourth-order valence-corrected chi connectivity index (χ4v) is 1.24. The summed E-state index contributed by atoms with van der Waals surface area (Å²) in [6.07, 6.45) is 0. The van der Waals surface area contributed by atoms with Gasteiger partial charge in [0.2, 0.25) is 0 Å².